The molecule has 0 spiro atoms. The molecule has 84 valence electrons. The summed E-state index contributed by atoms with van der Waals surface area (Å²) in [5.41, 5.74) is 3.22. The van der Waals surface area contributed by atoms with Crippen molar-refractivity contribution in [1.29, 1.82) is 0 Å². The van der Waals surface area contributed by atoms with Gasteiger partial charge in [0.15, 0.2) is 0 Å². The molecule has 0 bridgehead atoms. The number of ketones is 1. The van der Waals surface area contributed by atoms with Gasteiger partial charge < -0.3 is 0 Å². The number of aryl methyl sites for hydroxylation is 1. The highest BCUT2D eigenvalue weighted by Crippen LogP contribution is 2.22. The molecule has 1 heterocycles. The maximum atomic E-state index is 12.3. The fraction of sp³-hybridized carbons (Fsp3) is 0.143. The summed E-state index contributed by atoms with van der Waals surface area (Å²) in [6, 6.07) is 9.26. The Kier molecular flexibility index (Phi) is 2.37. The lowest BCUT2D eigenvalue weighted by Crippen LogP contribution is -2.04. The number of carbonyl (C=O) groups is 1. The fourth-order valence-corrected chi connectivity index (χ4v) is 2.09. The molecule has 1 aliphatic carbocycles. The van der Waals surface area contributed by atoms with Crippen LogP contribution in [-0.4, -0.2) is 16.0 Å². The van der Waals surface area contributed by atoms with Crippen LogP contribution < -0.4 is 0 Å². The predicted molar refractivity (Wildman–Crippen MR) is 65.8 cm³/mol. The number of aromatic nitrogens is 2. The Labute approximate surface area is 99.2 Å². The summed E-state index contributed by atoms with van der Waals surface area (Å²) in [6.45, 7) is 0. The third-order valence-electron chi connectivity index (χ3n) is 2.98. The highest BCUT2D eigenvalue weighted by Gasteiger charge is 2.19. The summed E-state index contributed by atoms with van der Waals surface area (Å²) in [5, 5.41) is 7.10. The van der Waals surface area contributed by atoms with E-state index in [1.54, 1.807) is 0 Å². The van der Waals surface area contributed by atoms with Crippen LogP contribution in [0.15, 0.2) is 36.4 Å². The number of H-pyrrole nitrogens is 1. The number of nitrogens with zero attached hydrogens (tertiary/aromatic N) is 1. The first-order chi connectivity index (χ1) is 8.36. The zero-order valence-corrected chi connectivity index (χ0v) is 9.31. The number of benzene rings is 1. The van der Waals surface area contributed by atoms with E-state index < -0.39 is 0 Å². The first kappa shape index (κ1) is 10.0. The Hall–Kier alpha value is -2.16. The van der Waals surface area contributed by atoms with Crippen molar-refractivity contribution >= 4 is 11.9 Å². The minimum Gasteiger partial charge on any atom is -0.287 e. The van der Waals surface area contributed by atoms with Crippen molar-refractivity contribution < 1.29 is 4.79 Å². The summed E-state index contributed by atoms with van der Waals surface area (Å²) in [6.07, 6.45) is 6.01. The number of aromatic amines is 1. The molecule has 0 aliphatic heterocycles. The highest BCUT2D eigenvalue weighted by molar-refractivity contribution is 6.09. The molecule has 0 atom stereocenters. The van der Waals surface area contributed by atoms with Crippen molar-refractivity contribution in [1.82, 2.24) is 10.2 Å². The molecule has 1 N–H and O–H groups in total. The second-order valence-electron chi connectivity index (χ2n) is 4.10. The zero-order chi connectivity index (χ0) is 11.7. The summed E-state index contributed by atoms with van der Waals surface area (Å²) >= 11 is 0. The molecule has 2 aromatic rings. The molecule has 3 rings (SSSR count). The van der Waals surface area contributed by atoms with E-state index in [-0.39, 0.29) is 5.78 Å². The molecule has 0 saturated carbocycles. The van der Waals surface area contributed by atoms with E-state index in [0.717, 1.165) is 24.1 Å². The third kappa shape index (κ3) is 1.69. The van der Waals surface area contributed by atoms with Gasteiger partial charge in [-0.2, -0.15) is 5.10 Å². The Bertz CT molecular complexity index is 582. The van der Waals surface area contributed by atoms with Gasteiger partial charge in [-0.25, -0.2) is 0 Å². The van der Waals surface area contributed by atoms with Gasteiger partial charge in [0.05, 0.1) is 0 Å². The van der Waals surface area contributed by atoms with Crippen molar-refractivity contribution in [3.63, 3.8) is 0 Å². The molecular weight excluding hydrogens is 212 g/mol. The lowest BCUT2D eigenvalue weighted by atomic mass is 9.99. The molecule has 0 fully saturated rings. The van der Waals surface area contributed by atoms with E-state index in [9.17, 15) is 4.79 Å². The molecule has 3 heteroatoms. The van der Waals surface area contributed by atoms with Crippen molar-refractivity contribution in [3.8, 4) is 0 Å². The van der Waals surface area contributed by atoms with Crippen LogP contribution >= 0.6 is 0 Å². The van der Waals surface area contributed by atoms with Gasteiger partial charge in [0.1, 0.15) is 5.69 Å². The summed E-state index contributed by atoms with van der Waals surface area (Å²) in [4.78, 5) is 12.3. The average Bonchev–Trinajstić information content (AvgIpc) is 2.83. The van der Waals surface area contributed by atoms with Crippen LogP contribution in [0.5, 0.6) is 0 Å². The Morgan fingerprint density at radius 2 is 2.06 bits per heavy atom. The van der Waals surface area contributed by atoms with E-state index in [1.165, 1.54) is 0 Å². The molecule has 1 aliphatic rings. The Balaban J connectivity index is 2.04. The van der Waals surface area contributed by atoms with Crippen LogP contribution in [0.2, 0.25) is 0 Å². The van der Waals surface area contributed by atoms with E-state index in [4.69, 9.17) is 0 Å². The van der Waals surface area contributed by atoms with Crippen LogP contribution in [0.4, 0.5) is 0 Å². The Morgan fingerprint density at radius 3 is 2.88 bits per heavy atom. The highest BCUT2D eigenvalue weighted by atomic mass is 16.1. The zero-order valence-electron chi connectivity index (χ0n) is 9.31. The van der Waals surface area contributed by atoms with Gasteiger partial charge in [-0.05, 0) is 12.8 Å². The number of hydrogen-bond donors (Lipinski definition) is 1. The fourth-order valence-electron chi connectivity index (χ4n) is 2.09. The molecular formula is C14H12N2O. The van der Waals surface area contributed by atoms with Crippen LogP contribution in [0.1, 0.15) is 33.7 Å². The van der Waals surface area contributed by atoms with E-state index in [2.05, 4.69) is 16.3 Å². The van der Waals surface area contributed by atoms with Crippen molar-refractivity contribution in [2.45, 2.75) is 12.8 Å². The van der Waals surface area contributed by atoms with Crippen molar-refractivity contribution in [2.75, 3.05) is 0 Å². The number of nitrogens with one attached hydrogen (secondary N) is 1. The molecule has 0 radical (unpaired) electrons. The molecule has 0 unspecified atom stereocenters. The van der Waals surface area contributed by atoms with Crippen molar-refractivity contribution in [2.24, 2.45) is 0 Å². The summed E-state index contributed by atoms with van der Waals surface area (Å²) in [5.74, 6) is -0.0188. The quantitative estimate of drug-likeness (QED) is 0.797. The van der Waals surface area contributed by atoms with Crippen LogP contribution in [0, 0.1) is 0 Å². The first-order valence-electron chi connectivity index (χ1n) is 5.70. The standard InChI is InChI=1S/C14H12N2O/c17-14(10-6-2-1-3-7-10)13-11-8-4-5-9-12(11)15-16-13/h1-4,6-8H,5,9H2,(H,15,16). The largest absolute Gasteiger partial charge is 0.287 e. The minimum atomic E-state index is -0.0188. The number of allylic oxidation sites excluding steroid dienone is 1. The minimum absolute atomic E-state index is 0.0188. The van der Waals surface area contributed by atoms with E-state index in [1.807, 2.05) is 36.4 Å². The molecule has 1 aromatic heterocycles. The first-order valence-corrected chi connectivity index (χ1v) is 5.70. The Morgan fingerprint density at radius 1 is 1.24 bits per heavy atom. The van der Waals surface area contributed by atoms with Gasteiger partial charge in [0.25, 0.3) is 0 Å². The van der Waals surface area contributed by atoms with E-state index in [0.29, 0.717) is 11.3 Å². The molecule has 17 heavy (non-hydrogen) atoms. The van der Waals surface area contributed by atoms with Gasteiger partial charge in [-0.15, -0.1) is 0 Å². The smallest absolute Gasteiger partial charge is 0.213 e. The summed E-state index contributed by atoms with van der Waals surface area (Å²) < 4.78 is 0. The normalized spacial score (nSPS) is 13.4. The predicted octanol–water partition coefficient (Wildman–Crippen LogP) is 2.60. The number of rotatable bonds is 2. The topological polar surface area (TPSA) is 45.8 Å². The molecule has 1 aromatic carbocycles. The average molecular weight is 224 g/mol. The van der Waals surface area contributed by atoms with Gasteiger partial charge >= 0.3 is 0 Å². The number of hydrogen-bond acceptors (Lipinski definition) is 2. The van der Waals surface area contributed by atoms with Gasteiger partial charge in [0.2, 0.25) is 5.78 Å². The third-order valence-corrected chi connectivity index (χ3v) is 2.98. The lowest BCUT2D eigenvalue weighted by molar-refractivity contribution is 0.103. The molecule has 0 amide bonds. The summed E-state index contributed by atoms with van der Waals surface area (Å²) in [7, 11) is 0. The SMILES string of the molecule is O=C(c1ccccc1)c1n[nH]c2c1C=CCC2. The second kappa shape index (κ2) is 4.01. The van der Waals surface area contributed by atoms with Crippen LogP contribution in [-0.2, 0) is 6.42 Å². The van der Waals surface area contributed by atoms with Gasteiger partial charge in [0, 0.05) is 16.8 Å². The molecule has 0 saturated heterocycles. The van der Waals surface area contributed by atoms with Crippen LogP contribution in [0.25, 0.3) is 6.08 Å². The number of fused-ring (bicyclic) bond motifs is 1. The molecule has 3 nitrogen and oxygen atoms in total. The number of carbonyl (C=O) groups excluding carboxylic acids is 1. The maximum absolute atomic E-state index is 12.3. The van der Waals surface area contributed by atoms with Crippen molar-refractivity contribution in [3.05, 3.63) is 58.9 Å². The second-order valence-corrected chi connectivity index (χ2v) is 4.10. The monoisotopic (exact) mass is 224 g/mol. The van der Waals surface area contributed by atoms with Crippen LogP contribution in [0.3, 0.4) is 0 Å². The van der Waals surface area contributed by atoms with Gasteiger partial charge in [-0.1, -0.05) is 42.5 Å². The maximum Gasteiger partial charge on any atom is 0.213 e. The lowest BCUT2D eigenvalue weighted by Gasteiger charge is -2.04. The van der Waals surface area contributed by atoms with E-state index >= 15 is 0 Å². The van der Waals surface area contributed by atoms with Gasteiger partial charge in [-0.3, -0.25) is 9.89 Å².